The minimum Gasteiger partial charge on any atom is -0.504 e. The van der Waals surface area contributed by atoms with Crippen molar-refractivity contribution < 1.29 is 34.4 Å². The minimum absolute atomic E-state index is 0.00458. The Labute approximate surface area is 162 Å². The number of nitrogens with zero attached hydrogens (tertiary/aromatic N) is 1. The molecule has 3 aliphatic carbocycles. The second kappa shape index (κ2) is 4.83. The van der Waals surface area contributed by atoms with E-state index < -0.39 is 29.0 Å². The molecule has 3 fully saturated rings. The Morgan fingerprint density at radius 1 is 1.32 bits per heavy atom. The molecule has 7 heteroatoms. The number of carbonyl (C=O) groups excluding carboxylic acids is 1. The highest BCUT2D eigenvalue weighted by molar-refractivity contribution is 5.93. The number of aliphatic hydroxyl groups excluding tert-OH is 1. The normalized spacial score (nSPS) is 45.5. The maximum absolute atomic E-state index is 12.9. The van der Waals surface area contributed by atoms with E-state index in [0.717, 1.165) is 18.7 Å². The molecule has 1 saturated heterocycles. The zero-order chi connectivity index (χ0) is 19.6. The number of aromatic hydroxyl groups is 2. The van der Waals surface area contributed by atoms with E-state index in [2.05, 4.69) is 7.05 Å². The number of benzene rings is 1. The summed E-state index contributed by atoms with van der Waals surface area (Å²) in [5, 5.41) is 43.4. The molecule has 0 amide bonds. The molecule has 0 aromatic heterocycles. The van der Waals surface area contributed by atoms with Crippen LogP contribution in [0.2, 0.25) is 0 Å². The molecule has 6 atom stereocenters. The number of hydrogen-bond donors (Lipinski definition) is 4. The molecule has 1 spiro atoms. The SMILES string of the molecule is C[N@+]1(CC2CC2)CC[C@]23c4c5cc(O)c(O)c4O[C@H]2C(=O)C(O)C[C@@]3(O)[C@@H]1C5. The number of ketones is 1. The Kier molecular flexibility index (Phi) is 2.94. The van der Waals surface area contributed by atoms with Crippen molar-refractivity contribution in [3.05, 3.63) is 17.2 Å². The first kappa shape index (κ1) is 17.1. The number of phenolic OH excluding ortho intramolecular Hbond substituents is 2. The fourth-order valence-electron chi connectivity index (χ4n) is 7.01. The first-order chi connectivity index (χ1) is 13.2. The van der Waals surface area contributed by atoms with Gasteiger partial charge in [0.05, 0.1) is 25.6 Å². The number of ether oxygens (including phenoxy) is 1. The van der Waals surface area contributed by atoms with Crippen molar-refractivity contribution in [2.75, 3.05) is 20.1 Å². The lowest BCUT2D eigenvalue weighted by Crippen LogP contribution is -2.82. The lowest BCUT2D eigenvalue weighted by Gasteiger charge is -2.64. The molecule has 1 aromatic rings. The Balaban J connectivity index is 1.62. The van der Waals surface area contributed by atoms with Gasteiger partial charge >= 0.3 is 0 Å². The van der Waals surface area contributed by atoms with Crippen LogP contribution < -0.4 is 4.74 Å². The van der Waals surface area contributed by atoms with Crippen LogP contribution in [0.5, 0.6) is 17.2 Å². The van der Waals surface area contributed by atoms with E-state index in [1.807, 2.05) is 0 Å². The Morgan fingerprint density at radius 3 is 2.79 bits per heavy atom. The minimum atomic E-state index is -1.30. The van der Waals surface area contributed by atoms with Crippen LogP contribution >= 0.6 is 0 Å². The molecule has 2 aliphatic heterocycles. The molecule has 2 bridgehead atoms. The monoisotopic (exact) mass is 388 g/mol. The number of likely N-dealkylation sites (tertiary alicyclic amines) is 1. The first-order valence-corrected chi connectivity index (χ1v) is 10.2. The summed E-state index contributed by atoms with van der Waals surface area (Å²) in [4.78, 5) is 12.9. The van der Waals surface area contributed by atoms with Crippen molar-refractivity contribution in [2.45, 2.75) is 61.4 Å². The average Bonchev–Trinajstić information content (AvgIpc) is 3.35. The van der Waals surface area contributed by atoms with Crippen LogP contribution in [0.4, 0.5) is 0 Å². The van der Waals surface area contributed by atoms with E-state index in [1.165, 1.54) is 12.8 Å². The second-order valence-corrected chi connectivity index (χ2v) is 9.92. The van der Waals surface area contributed by atoms with Crippen LogP contribution in [0.1, 0.15) is 36.8 Å². The first-order valence-electron chi connectivity index (χ1n) is 10.2. The van der Waals surface area contributed by atoms with Gasteiger partial charge in [-0.3, -0.25) is 4.79 Å². The predicted molar refractivity (Wildman–Crippen MR) is 97.2 cm³/mol. The van der Waals surface area contributed by atoms with E-state index >= 15 is 0 Å². The van der Waals surface area contributed by atoms with Crippen LogP contribution in [0.3, 0.4) is 0 Å². The summed E-state index contributed by atoms with van der Waals surface area (Å²) < 4.78 is 6.61. The third-order valence-electron chi connectivity index (χ3n) is 8.42. The van der Waals surface area contributed by atoms with E-state index in [-0.39, 0.29) is 29.7 Å². The number of aliphatic hydroxyl groups is 2. The van der Waals surface area contributed by atoms with Crippen molar-refractivity contribution in [3.8, 4) is 17.2 Å². The fourth-order valence-corrected chi connectivity index (χ4v) is 7.01. The van der Waals surface area contributed by atoms with E-state index in [4.69, 9.17) is 4.74 Å². The summed E-state index contributed by atoms with van der Waals surface area (Å²) in [6, 6.07) is 1.37. The second-order valence-electron chi connectivity index (χ2n) is 9.92. The van der Waals surface area contributed by atoms with Gasteiger partial charge in [-0.05, 0) is 24.5 Å². The molecule has 4 N–H and O–H groups in total. The molecular formula is C21H26NO6+. The highest BCUT2D eigenvalue weighted by Crippen LogP contribution is 2.66. The van der Waals surface area contributed by atoms with Crippen LogP contribution in [0.15, 0.2) is 6.07 Å². The molecule has 150 valence electrons. The lowest BCUT2D eigenvalue weighted by atomic mass is 9.48. The van der Waals surface area contributed by atoms with Gasteiger partial charge in [-0.15, -0.1) is 0 Å². The molecule has 6 rings (SSSR count). The molecular weight excluding hydrogens is 362 g/mol. The van der Waals surface area contributed by atoms with Gasteiger partial charge in [0.1, 0.15) is 17.7 Å². The molecule has 28 heavy (non-hydrogen) atoms. The van der Waals surface area contributed by atoms with Crippen LogP contribution in [-0.2, 0) is 16.6 Å². The third kappa shape index (κ3) is 1.71. The molecule has 1 aromatic carbocycles. The van der Waals surface area contributed by atoms with Crippen molar-refractivity contribution >= 4 is 5.78 Å². The summed E-state index contributed by atoms with van der Waals surface area (Å²) in [5.41, 5.74) is -0.756. The maximum atomic E-state index is 12.9. The zero-order valence-electron chi connectivity index (χ0n) is 15.9. The van der Waals surface area contributed by atoms with Gasteiger partial charge in [-0.2, -0.15) is 0 Å². The number of piperidine rings is 1. The van der Waals surface area contributed by atoms with Gasteiger partial charge in [0.25, 0.3) is 0 Å². The van der Waals surface area contributed by atoms with Crippen LogP contribution in [0.25, 0.3) is 0 Å². The molecule has 5 aliphatic rings. The topological polar surface area (TPSA) is 107 Å². The van der Waals surface area contributed by atoms with Crippen LogP contribution in [-0.4, -0.2) is 74.7 Å². The summed E-state index contributed by atoms with van der Waals surface area (Å²) >= 11 is 0. The average molecular weight is 388 g/mol. The Bertz CT molecular complexity index is 928. The Hall–Kier alpha value is -1.83. The summed E-state index contributed by atoms with van der Waals surface area (Å²) in [6.07, 6.45) is 1.18. The van der Waals surface area contributed by atoms with Crippen molar-refractivity contribution in [3.63, 3.8) is 0 Å². The summed E-state index contributed by atoms with van der Waals surface area (Å²) in [6.45, 7) is 1.79. The van der Waals surface area contributed by atoms with E-state index in [9.17, 15) is 25.2 Å². The largest absolute Gasteiger partial charge is 0.504 e. The highest BCUT2D eigenvalue weighted by Gasteiger charge is 2.78. The summed E-state index contributed by atoms with van der Waals surface area (Å²) in [7, 11) is 2.17. The molecule has 2 saturated carbocycles. The zero-order valence-corrected chi connectivity index (χ0v) is 15.9. The number of rotatable bonds is 2. The number of carbonyl (C=O) groups is 1. The van der Waals surface area contributed by atoms with E-state index in [0.29, 0.717) is 28.8 Å². The highest BCUT2D eigenvalue weighted by atomic mass is 16.5. The predicted octanol–water partition coefficient (Wildman–Crippen LogP) is 0.346. The van der Waals surface area contributed by atoms with Gasteiger partial charge in [-0.1, -0.05) is 0 Å². The Morgan fingerprint density at radius 2 is 2.07 bits per heavy atom. The van der Waals surface area contributed by atoms with Gasteiger partial charge in [-0.25, -0.2) is 0 Å². The van der Waals surface area contributed by atoms with E-state index in [1.54, 1.807) is 6.07 Å². The number of hydrogen-bond acceptors (Lipinski definition) is 6. The number of phenols is 2. The smallest absolute Gasteiger partial charge is 0.202 e. The number of likely N-dealkylation sites (N-methyl/N-ethyl adjacent to an activating group) is 1. The molecule has 1 unspecified atom stereocenters. The molecule has 0 radical (unpaired) electrons. The number of quaternary nitrogens is 1. The van der Waals surface area contributed by atoms with Gasteiger partial charge in [0.2, 0.25) is 11.5 Å². The molecule has 2 heterocycles. The van der Waals surface area contributed by atoms with Gasteiger partial charge in [0.15, 0.2) is 17.6 Å². The van der Waals surface area contributed by atoms with Crippen molar-refractivity contribution in [1.82, 2.24) is 0 Å². The lowest BCUT2D eigenvalue weighted by molar-refractivity contribution is -0.950. The van der Waals surface area contributed by atoms with Gasteiger partial charge in [0, 0.05) is 30.7 Å². The number of Topliss-reactive ketones (excluding diaryl/α,β-unsaturated/α-hetero) is 1. The van der Waals surface area contributed by atoms with Gasteiger partial charge < -0.3 is 29.6 Å². The van der Waals surface area contributed by atoms with Crippen LogP contribution in [0, 0.1) is 5.92 Å². The summed E-state index contributed by atoms with van der Waals surface area (Å²) in [5.74, 6) is -0.316. The fraction of sp³-hybridized carbons (Fsp3) is 0.667. The quantitative estimate of drug-likeness (QED) is 0.430. The van der Waals surface area contributed by atoms with Crippen molar-refractivity contribution in [1.29, 1.82) is 0 Å². The standard InChI is InChI=1S/C21H25NO6/c1-22(9-10-2-3-10)5-4-20-15-11-6-12(23)16(25)18(15)28-19(20)17(26)13(24)8-21(20,27)14(22)7-11/h6,10,13-14,19,24,27H,2-5,7-9H2,1H3,(H-,23,25)/p+1/t13?,14-,19-,20-,21+,22+/m0/s1. The third-order valence-corrected chi connectivity index (χ3v) is 8.42. The molecule has 7 nitrogen and oxygen atoms in total. The maximum Gasteiger partial charge on any atom is 0.202 e. The van der Waals surface area contributed by atoms with Crippen molar-refractivity contribution in [2.24, 2.45) is 5.92 Å².